The van der Waals surface area contributed by atoms with Crippen LogP contribution in [0.5, 0.6) is 28.7 Å². The quantitative estimate of drug-likeness (QED) is 0.151. The summed E-state index contributed by atoms with van der Waals surface area (Å²) >= 11 is 1.42. The Bertz CT molecular complexity index is 2310. The maximum atomic E-state index is 14.8. The Hall–Kier alpha value is -4.51. The molecule has 0 saturated carbocycles. The van der Waals surface area contributed by atoms with E-state index < -0.39 is 59.2 Å². The molecule has 14 nitrogen and oxygen atoms in total. The molecular weight excluding hydrogens is 731 g/mol. The molecule has 7 aliphatic heterocycles. The standard InChI is InChI=1S/C40H41N3O11S/c1-16-9-19-10-23-38(47)43-24-13-50-39(48)40(37-22(11-20(12-44)42-40)21-7-5-6-8-25(21)54-37)14-55-36(30(43)29(41-23)26(19)31(46)32(16)49-4)28-27(24)35-34(51-15-52-35)17(2)33(28)53-18(3)45/h5-9,20,23-24,29-30,36,38,41-42,44,46-47H,10-15H2,1-4H3/t20-,23-,24-,29+,30+,36+,38-,40+/m0/s1. The molecule has 7 aliphatic rings. The van der Waals surface area contributed by atoms with Crippen LogP contribution in [0.4, 0.5) is 0 Å². The Balaban J connectivity index is 1.23. The van der Waals surface area contributed by atoms with Crippen molar-refractivity contribution in [1.82, 2.24) is 15.5 Å². The number of hydrogen-bond donors (Lipinski definition) is 5. The molecule has 0 amide bonds. The van der Waals surface area contributed by atoms with E-state index in [1.807, 2.05) is 49.1 Å². The average molecular weight is 772 g/mol. The van der Waals surface area contributed by atoms with Gasteiger partial charge >= 0.3 is 11.9 Å². The first-order valence-electron chi connectivity index (χ1n) is 18.5. The van der Waals surface area contributed by atoms with Crippen molar-refractivity contribution in [3.63, 3.8) is 0 Å². The van der Waals surface area contributed by atoms with Crippen molar-refractivity contribution in [2.45, 2.75) is 80.8 Å². The highest BCUT2D eigenvalue weighted by molar-refractivity contribution is 7.99. The summed E-state index contributed by atoms with van der Waals surface area (Å²) in [7, 11) is 1.52. The van der Waals surface area contributed by atoms with E-state index in [-0.39, 0.29) is 31.5 Å². The van der Waals surface area contributed by atoms with Crippen LogP contribution >= 0.6 is 11.8 Å². The predicted octanol–water partition coefficient (Wildman–Crippen LogP) is 3.46. The molecule has 55 heavy (non-hydrogen) atoms. The highest BCUT2D eigenvalue weighted by Gasteiger charge is 2.61. The summed E-state index contributed by atoms with van der Waals surface area (Å²) in [6.45, 7) is 4.51. The van der Waals surface area contributed by atoms with Crippen molar-refractivity contribution < 1.29 is 53.0 Å². The first kappa shape index (κ1) is 34.9. The number of nitrogens with zero attached hydrogens (tertiary/aromatic N) is 1. The number of nitrogens with one attached hydrogen (secondary N) is 2. The topological polar surface area (TPSA) is 181 Å². The second-order valence-corrected chi connectivity index (χ2v) is 16.4. The van der Waals surface area contributed by atoms with Crippen LogP contribution in [-0.4, -0.2) is 89.4 Å². The van der Waals surface area contributed by atoms with Crippen molar-refractivity contribution in [1.29, 1.82) is 0 Å². The minimum absolute atomic E-state index is 0.0135. The van der Waals surface area contributed by atoms with Gasteiger partial charge in [-0.1, -0.05) is 24.3 Å². The molecule has 288 valence electrons. The lowest BCUT2D eigenvalue weighted by molar-refractivity contribution is -0.165. The fourth-order valence-electron chi connectivity index (χ4n) is 10.1. The number of fused-ring (bicyclic) bond motifs is 11. The third kappa shape index (κ3) is 4.80. The van der Waals surface area contributed by atoms with Crippen LogP contribution in [0.2, 0.25) is 0 Å². The maximum absolute atomic E-state index is 14.8. The average Bonchev–Trinajstić information content (AvgIpc) is 3.82. The van der Waals surface area contributed by atoms with Crippen LogP contribution in [0, 0.1) is 13.8 Å². The molecule has 0 radical (unpaired) electrons. The number of carbonyl (C=O) groups is 2. The molecule has 1 spiro atoms. The molecule has 5 N–H and O–H groups in total. The number of aliphatic hydroxyl groups excluding tert-OH is 2. The Labute approximate surface area is 320 Å². The Morgan fingerprint density at radius 3 is 2.67 bits per heavy atom. The van der Waals surface area contributed by atoms with E-state index in [1.165, 1.54) is 25.8 Å². The third-order valence-corrected chi connectivity index (χ3v) is 13.8. The number of carbonyl (C=O) groups excluding carboxylic acids is 2. The summed E-state index contributed by atoms with van der Waals surface area (Å²) in [6, 6.07) is 6.67. The number of rotatable bonds is 3. The van der Waals surface area contributed by atoms with Gasteiger partial charge in [0.15, 0.2) is 28.5 Å². The molecule has 2 fully saturated rings. The number of hydrogen-bond acceptors (Lipinski definition) is 15. The van der Waals surface area contributed by atoms with Gasteiger partial charge in [0.25, 0.3) is 0 Å². The minimum Gasteiger partial charge on any atom is -0.504 e. The van der Waals surface area contributed by atoms with Gasteiger partial charge in [-0.25, -0.2) is 4.79 Å². The zero-order valence-corrected chi connectivity index (χ0v) is 31.5. The normalized spacial score (nSPS) is 30.3. The molecular formula is C40H41N3O11S. The zero-order valence-electron chi connectivity index (χ0n) is 30.6. The number of aryl methyl sites for hydroxylation is 1. The molecule has 8 heterocycles. The molecule has 11 rings (SSSR count). The van der Waals surface area contributed by atoms with Crippen LogP contribution in [-0.2, 0) is 32.7 Å². The fraction of sp³-hybridized carbons (Fsp3) is 0.450. The lowest BCUT2D eigenvalue weighted by atomic mass is 9.74. The fourth-order valence-corrected chi connectivity index (χ4v) is 11.8. The Morgan fingerprint density at radius 2 is 1.89 bits per heavy atom. The number of aliphatic hydroxyl groups is 2. The van der Waals surface area contributed by atoms with Gasteiger partial charge in [0.05, 0.1) is 37.1 Å². The van der Waals surface area contributed by atoms with E-state index in [4.69, 9.17) is 28.1 Å². The van der Waals surface area contributed by atoms with E-state index in [2.05, 4.69) is 10.6 Å². The van der Waals surface area contributed by atoms with Crippen molar-refractivity contribution in [2.75, 3.05) is 32.9 Å². The summed E-state index contributed by atoms with van der Waals surface area (Å²) in [4.78, 5) is 29.7. The van der Waals surface area contributed by atoms with Gasteiger partial charge in [-0.15, -0.1) is 11.8 Å². The zero-order chi connectivity index (χ0) is 38.1. The molecule has 4 bridgehead atoms. The van der Waals surface area contributed by atoms with Gasteiger partial charge in [-0.3, -0.25) is 15.0 Å². The van der Waals surface area contributed by atoms with Gasteiger partial charge < -0.3 is 48.7 Å². The molecule has 15 heteroatoms. The first-order valence-corrected chi connectivity index (χ1v) is 19.5. The first-order chi connectivity index (χ1) is 26.6. The van der Waals surface area contributed by atoms with Crippen molar-refractivity contribution in [3.8, 4) is 28.7 Å². The SMILES string of the molecule is COc1c(C)cc2c(c1O)[C@H]1N[C@@H](C2)[C@H](O)N2[C@H]1[C@@H]1SC[C@]3(N[C@H](CO)Cc4c3oc3ccccc43)C(=O)OC[C@H]2c2c3c(c(C)c(OC(C)=O)c21)OCO3. The lowest BCUT2D eigenvalue weighted by Gasteiger charge is -2.59. The molecule has 8 atom stereocenters. The van der Waals surface area contributed by atoms with Crippen LogP contribution in [0.15, 0.2) is 34.7 Å². The number of para-hydroxylation sites is 1. The van der Waals surface area contributed by atoms with Crippen molar-refractivity contribution >= 4 is 34.7 Å². The predicted molar refractivity (Wildman–Crippen MR) is 198 cm³/mol. The Kier molecular flexibility index (Phi) is 7.94. The number of phenols is 1. The van der Waals surface area contributed by atoms with Crippen molar-refractivity contribution in [3.05, 3.63) is 75.0 Å². The summed E-state index contributed by atoms with van der Waals surface area (Å²) in [5.41, 5.74) is 4.05. The maximum Gasteiger partial charge on any atom is 0.335 e. The van der Waals surface area contributed by atoms with Gasteiger partial charge in [0.1, 0.15) is 29.9 Å². The van der Waals surface area contributed by atoms with Gasteiger partial charge in [0.2, 0.25) is 6.79 Å². The van der Waals surface area contributed by atoms with E-state index in [9.17, 15) is 24.9 Å². The van der Waals surface area contributed by atoms with Crippen LogP contribution in [0.3, 0.4) is 0 Å². The number of thioether (sulfide) groups is 1. The molecule has 4 aromatic rings. The highest BCUT2D eigenvalue weighted by Crippen LogP contribution is 2.63. The lowest BCUT2D eigenvalue weighted by Crippen LogP contribution is -2.70. The number of methoxy groups -OCH3 is 1. The number of piperazine rings is 1. The number of benzene rings is 3. The monoisotopic (exact) mass is 771 g/mol. The molecule has 3 aromatic carbocycles. The second kappa shape index (κ2) is 12.5. The van der Waals surface area contributed by atoms with E-state index in [0.717, 1.165) is 22.1 Å². The minimum atomic E-state index is -1.53. The number of furan rings is 1. The summed E-state index contributed by atoms with van der Waals surface area (Å²) < 4.78 is 36.9. The molecule has 0 aliphatic carbocycles. The number of phenolic OH excluding ortho intramolecular Hbond substituents is 1. The molecule has 0 unspecified atom stereocenters. The van der Waals surface area contributed by atoms with E-state index in [0.29, 0.717) is 69.4 Å². The molecule has 2 saturated heterocycles. The van der Waals surface area contributed by atoms with Crippen LogP contribution in [0.1, 0.15) is 69.0 Å². The summed E-state index contributed by atoms with van der Waals surface area (Å²) in [5.74, 6) is 0.911. The number of esters is 2. The highest BCUT2D eigenvalue weighted by atomic mass is 32.2. The van der Waals surface area contributed by atoms with Crippen molar-refractivity contribution in [2.24, 2.45) is 0 Å². The second-order valence-electron chi connectivity index (χ2n) is 15.3. The number of ether oxygens (including phenoxy) is 5. The van der Waals surface area contributed by atoms with Gasteiger partial charge in [-0.05, 0) is 43.9 Å². The smallest absolute Gasteiger partial charge is 0.335 e. The summed E-state index contributed by atoms with van der Waals surface area (Å²) in [6.07, 6.45) is -0.220. The Morgan fingerprint density at radius 1 is 1.09 bits per heavy atom. The van der Waals surface area contributed by atoms with Crippen LogP contribution < -0.4 is 29.6 Å². The van der Waals surface area contributed by atoms with Crippen LogP contribution in [0.25, 0.3) is 11.0 Å². The van der Waals surface area contributed by atoms with E-state index >= 15 is 0 Å². The molecule has 1 aromatic heterocycles. The largest absolute Gasteiger partial charge is 0.504 e. The number of aromatic hydroxyl groups is 1. The van der Waals surface area contributed by atoms with Gasteiger partial charge in [-0.2, -0.15) is 0 Å². The van der Waals surface area contributed by atoms with Gasteiger partial charge in [0, 0.05) is 58.0 Å². The van der Waals surface area contributed by atoms with E-state index in [1.54, 1.807) is 0 Å². The third-order valence-electron chi connectivity index (χ3n) is 12.3. The summed E-state index contributed by atoms with van der Waals surface area (Å²) in [5, 5.41) is 42.3.